The first kappa shape index (κ1) is 12.6. The molecule has 4 heteroatoms. The van der Waals surface area contributed by atoms with E-state index in [4.69, 9.17) is 5.26 Å². The highest BCUT2D eigenvalue weighted by atomic mass is 16.2. The molecule has 2 atom stereocenters. The Balaban J connectivity index is 1.97. The van der Waals surface area contributed by atoms with Crippen molar-refractivity contribution < 1.29 is 4.79 Å². The van der Waals surface area contributed by atoms with Crippen LogP contribution < -0.4 is 10.6 Å². The van der Waals surface area contributed by atoms with Gasteiger partial charge in [-0.05, 0) is 24.5 Å². The summed E-state index contributed by atoms with van der Waals surface area (Å²) in [5.74, 6) is -0.0211. The van der Waals surface area contributed by atoms with Crippen LogP contribution >= 0.6 is 0 Å². The lowest BCUT2D eigenvalue weighted by Gasteiger charge is -2.26. The van der Waals surface area contributed by atoms with Crippen molar-refractivity contribution in [2.45, 2.75) is 38.4 Å². The molecular weight excluding hydrogens is 226 g/mol. The second kappa shape index (κ2) is 5.65. The molecule has 0 radical (unpaired) electrons. The highest BCUT2D eigenvalue weighted by Gasteiger charge is 2.24. The van der Waals surface area contributed by atoms with E-state index in [2.05, 4.69) is 28.8 Å². The van der Waals surface area contributed by atoms with Crippen LogP contribution in [0.25, 0.3) is 0 Å². The van der Waals surface area contributed by atoms with Gasteiger partial charge < -0.3 is 10.6 Å². The number of carbonyl (C=O) groups is 1. The van der Waals surface area contributed by atoms with Crippen molar-refractivity contribution >= 4 is 5.91 Å². The Bertz CT molecular complexity index is 478. The maximum absolute atomic E-state index is 12.0. The summed E-state index contributed by atoms with van der Waals surface area (Å²) in [6, 6.07) is 9.92. The van der Waals surface area contributed by atoms with Crippen LogP contribution in [0.3, 0.4) is 0 Å². The number of nitrogens with zero attached hydrogens (tertiary/aromatic N) is 1. The van der Waals surface area contributed by atoms with E-state index < -0.39 is 0 Å². The van der Waals surface area contributed by atoms with Crippen LogP contribution in [-0.4, -0.2) is 18.0 Å². The van der Waals surface area contributed by atoms with E-state index >= 15 is 0 Å². The second-order valence-electron chi connectivity index (χ2n) is 4.68. The first-order valence-electron chi connectivity index (χ1n) is 6.18. The van der Waals surface area contributed by atoms with Gasteiger partial charge in [-0.3, -0.25) is 4.79 Å². The van der Waals surface area contributed by atoms with E-state index in [1.165, 1.54) is 11.1 Å². The van der Waals surface area contributed by atoms with Crippen LogP contribution in [0.2, 0.25) is 0 Å². The van der Waals surface area contributed by atoms with Crippen LogP contribution in [0.15, 0.2) is 24.3 Å². The molecule has 4 nitrogen and oxygen atoms in total. The highest BCUT2D eigenvalue weighted by molar-refractivity contribution is 5.82. The lowest BCUT2D eigenvalue weighted by atomic mass is 9.95. The summed E-state index contributed by atoms with van der Waals surface area (Å²) in [4.78, 5) is 12.0. The van der Waals surface area contributed by atoms with E-state index in [0.717, 1.165) is 6.54 Å². The first-order valence-corrected chi connectivity index (χ1v) is 6.18. The first-order chi connectivity index (χ1) is 8.70. The minimum absolute atomic E-state index is 0.0211. The molecule has 1 heterocycles. The molecule has 1 aromatic rings. The molecule has 0 aromatic heterocycles. The van der Waals surface area contributed by atoms with Crippen LogP contribution in [-0.2, 0) is 17.8 Å². The number of carbonyl (C=O) groups excluding carboxylic acids is 1. The number of nitriles is 1. The Kier molecular flexibility index (Phi) is 3.96. The lowest BCUT2D eigenvalue weighted by molar-refractivity contribution is -0.123. The Morgan fingerprint density at radius 3 is 3.00 bits per heavy atom. The second-order valence-corrected chi connectivity index (χ2v) is 4.68. The minimum atomic E-state index is -0.193. The third-order valence-corrected chi connectivity index (χ3v) is 3.18. The summed E-state index contributed by atoms with van der Waals surface area (Å²) in [7, 11) is 0. The van der Waals surface area contributed by atoms with Crippen molar-refractivity contribution in [3.63, 3.8) is 0 Å². The van der Waals surface area contributed by atoms with Crippen LogP contribution in [0.5, 0.6) is 0 Å². The van der Waals surface area contributed by atoms with Gasteiger partial charge in [0.25, 0.3) is 0 Å². The fourth-order valence-corrected chi connectivity index (χ4v) is 2.17. The monoisotopic (exact) mass is 243 g/mol. The number of benzene rings is 1. The van der Waals surface area contributed by atoms with Crippen molar-refractivity contribution in [1.29, 1.82) is 5.26 Å². The molecule has 0 bridgehead atoms. The maximum Gasteiger partial charge on any atom is 0.237 e. The Morgan fingerprint density at radius 2 is 2.28 bits per heavy atom. The third kappa shape index (κ3) is 2.88. The van der Waals surface area contributed by atoms with Crippen LogP contribution in [0.4, 0.5) is 0 Å². The molecule has 0 aliphatic carbocycles. The molecule has 1 aliphatic rings. The number of rotatable bonds is 3. The molecule has 1 aliphatic heterocycles. The average molecular weight is 243 g/mol. The summed E-state index contributed by atoms with van der Waals surface area (Å²) in [5.41, 5.74) is 2.48. The Labute approximate surface area is 107 Å². The summed E-state index contributed by atoms with van der Waals surface area (Å²) in [6.07, 6.45) is 1.05. The fraction of sp³-hybridized carbons (Fsp3) is 0.429. The quantitative estimate of drug-likeness (QED) is 0.836. The van der Waals surface area contributed by atoms with Crippen molar-refractivity contribution in [3.05, 3.63) is 35.4 Å². The van der Waals surface area contributed by atoms with E-state index in [1.807, 2.05) is 19.1 Å². The number of hydrogen-bond acceptors (Lipinski definition) is 3. The molecule has 2 N–H and O–H groups in total. The average Bonchev–Trinajstić information content (AvgIpc) is 2.38. The topological polar surface area (TPSA) is 64.9 Å². The molecule has 0 saturated carbocycles. The molecule has 1 aromatic carbocycles. The molecule has 0 fully saturated rings. The van der Waals surface area contributed by atoms with E-state index in [0.29, 0.717) is 12.8 Å². The predicted octanol–water partition coefficient (Wildman–Crippen LogP) is 1.12. The Hall–Kier alpha value is -1.86. The summed E-state index contributed by atoms with van der Waals surface area (Å²) < 4.78 is 0. The van der Waals surface area contributed by atoms with Gasteiger partial charge in [0.2, 0.25) is 5.91 Å². The van der Waals surface area contributed by atoms with Gasteiger partial charge in [-0.2, -0.15) is 5.26 Å². The molecular formula is C14H17N3O. The van der Waals surface area contributed by atoms with Gasteiger partial charge in [0, 0.05) is 12.6 Å². The third-order valence-electron chi connectivity index (χ3n) is 3.18. The standard InChI is InChI=1S/C14H17N3O/c1-10(6-7-15)17-14(18)13-8-11-4-2-3-5-12(11)9-16-13/h2-5,10,13,16H,6,8-9H2,1H3,(H,17,18). The van der Waals surface area contributed by atoms with Crippen molar-refractivity contribution in [3.8, 4) is 6.07 Å². The van der Waals surface area contributed by atoms with Gasteiger partial charge in [0.1, 0.15) is 0 Å². The predicted molar refractivity (Wildman–Crippen MR) is 68.6 cm³/mol. The summed E-state index contributed by atoms with van der Waals surface area (Å²) in [6.45, 7) is 2.57. The largest absolute Gasteiger partial charge is 0.351 e. The van der Waals surface area contributed by atoms with E-state index in [9.17, 15) is 4.79 Å². The van der Waals surface area contributed by atoms with Crippen LogP contribution in [0.1, 0.15) is 24.5 Å². The molecule has 2 unspecified atom stereocenters. The van der Waals surface area contributed by atoms with Gasteiger partial charge in [-0.1, -0.05) is 24.3 Å². The van der Waals surface area contributed by atoms with Crippen LogP contribution in [0, 0.1) is 11.3 Å². The van der Waals surface area contributed by atoms with Crippen molar-refractivity contribution in [1.82, 2.24) is 10.6 Å². The molecule has 0 saturated heterocycles. The number of hydrogen-bond donors (Lipinski definition) is 2. The zero-order valence-electron chi connectivity index (χ0n) is 10.4. The number of fused-ring (bicyclic) bond motifs is 1. The van der Waals surface area contributed by atoms with Crippen molar-refractivity contribution in [2.24, 2.45) is 0 Å². The SMILES string of the molecule is CC(CC#N)NC(=O)C1Cc2ccccc2CN1. The molecule has 18 heavy (non-hydrogen) atoms. The lowest BCUT2D eigenvalue weighted by Crippen LogP contribution is -2.49. The van der Waals surface area contributed by atoms with Crippen molar-refractivity contribution in [2.75, 3.05) is 0 Å². The summed E-state index contributed by atoms with van der Waals surface area (Å²) >= 11 is 0. The van der Waals surface area contributed by atoms with Gasteiger partial charge in [-0.15, -0.1) is 0 Å². The number of nitrogens with one attached hydrogen (secondary N) is 2. The zero-order chi connectivity index (χ0) is 13.0. The van der Waals surface area contributed by atoms with Gasteiger partial charge in [-0.25, -0.2) is 0 Å². The normalized spacial score (nSPS) is 19.4. The molecule has 1 amide bonds. The molecule has 0 spiro atoms. The number of amides is 1. The molecule has 2 rings (SSSR count). The zero-order valence-corrected chi connectivity index (χ0v) is 10.4. The van der Waals surface area contributed by atoms with E-state index in [1.54, 1.807) is 0 Å². The Morgan fingerprint density at radius 1 is 1.56 bits per heavy atom. The van der Waals surface area contributed by atoms with E-state index in [-0.39, 0.29) is 18.0 Å². The van der Waals surface area contributed by atoms with Gasteiger partial charge in [0.05, 0.1) is 18.5 Å². The maximum atomic E-state index is 12.0. The molecule has 94 valence electrons. The summed E-state index contributed by atoms with van der Waals surface area (Å²) in [5, 5.41) is 14.7. The van der Waals surface area contributed by atoms with Gasteiger partial charge in [0.15, 0.2) is 0 Å². The fourth-order valence-electron chi connectivity index (χ4n) is 2.17. The minimum Gasteiger partial charge on any atom is -0.351 e. The van der Waals surface area contributed by atoms with Gasteiger partial charge >= 0.3 is 0 Å². The smallest absolute Gasteiger partial charge is 0.237 e. The highest BCUT2D eigenvalue weighted by Crippen LogP contribution is 2.16.